The van der Waals surface area contributed by atoms with E-state index < -0.39 is 32.5 Å². The number of thiazole rings is 1. The lowest BCUT2D eigenvalue weighted by Crippen LogP contribution is -2.37. The van der Waals surface area contributed by atoms with E-state index in [1.54, 1.807) is 5.38 Å². The lowest BCUT2D eigenvalue weighted by Gasteiger charge is -2.23. The van der Waals surface area contributed by atoms with Crippen LogP contribution in [-0.4, -0.2) is 40.5 Å². The van der Waals surface area contributed by atoms with Crippen LogP contribution in [0.15, 0.2) is 52.9 Å². The summed E-state index contributed by atoms with van der Waals surface area (Å²) in [5.41, 5.74) is 0.236. The lowest BCUT2D eigenvalue weighted by molar-refractivity contribution is -0.114. The van der Waals surface area contributed by atoms with Gasteiger partial charge in [0, 0.05) is 17.3 Å². The summed E-state index contributed by atoms with van der Waals surface area (Å²) in [6, 6.07) is 7.83. The quantitative estimate of drug-likeness (QED) is 0.390. The minimum atomic E-state index is -3.91. The summed E-state index contributed by atoms with van der Waals surface area (Å²) in [6.07, 6.45) is 2.38. The van der Waals surface area contributed by atoms with Crippen LogP contribution >= 0.6 is 46.1 Å². The molecule has 0 spiro atoms. The van der Waals surface area contributed by atoms with E-state index in [1.165, 1.54) is 42.6 Å². The number of carbonyl (C=O) groups excluding carboxylic acids is 1. The van der Waals surface area contributed by atoms with Gasteiger partial charge in [-0.05, 0) is 36.4 Å². The highest BCUT2D eigenvalue weighted by Crippen LogP contribution is 2.35. The maximum atomic E-state index is 12.5. The molecule has 0 atom stereocenters. The Bertz CT molecular complexity index is 1380. The maximum absolute atomic E-state index is 12.5. The second kappa shape index (κ2) is 10.0. The topological polar surface area (TPSA) is 126 Å². The number of benzene rings is 2. The van der Waals surface area contributed by atoms with Gasteiger partial charge >= 0.3 is 0 Å². The minimum Gasteiger partial charge on any atom is -0.325 e. The average Bonchev–Trinajstić information content (AvgIpc) is 3.21. The molecule has 0 saturated heterocycles. The van der Waals surface area contributed by atoms with Crippen LogP contribution in [0.1, 0.15) is 0 Å². The van der Waals surface area contributed by atoms with Crippen molar-refractivity contribution in [3.8, 4) is 0 Å². The highest BCUT2D eigenvalue weighted by atomic mass is 35.5. The van der Waals surface area contributed by atoms with Gasteiger partial charge in [-0.15, -0.1) is 11.3 Å². The number of rotatable bonds is 8. The number of nitrogens with one attached hydrogen (secondary N) is 2. The number of hydrogen-bond acceptors (Lipinski definition) is 7. The zero-order valence-electron chi connectivity index (χ0n) is 16.6. The maximum Gasteiger partial charge on any atom is 0.263 e. The normalized spacial score (nSPS) is 11.8. The minimum absolute atomic E-state index is 0.00934. The van der Waals surface area contributed by atoms with Crippen molar-refractivity contribution in [2.75, 3.05) is 27.1 Å². The van der Waals surface area contributed by atoms with Gasteiger partial charge in [0.25, 0.3) is 10.0 Å². The van der Waals surface area contributed by atoms with Crippen molar-refractivity contribution in [1.82, 2.24) is 4.98 Å². The summed E-state index contributed by atoms with van der Waals surface area (Å²) in [6.45, 7) is -0.609. The molecule has 0 fully saturated rings. The molecule has 0 saturated carbocycles. The van der Waals surface area contributed by atoms with Crippen molar-refractivity contribution in [1.29, 1.82) is 0 Å². The van der Waals surface area contributed by atoms with E-state index >= 15 is 0 Å². The Morgan fingerprint density at radius 2 is 1.67 bits per heavy atom. The van der Waals surface area contributed by atoms with E-state index in [0.29, 0.717) is 0 Å². The molecule has 33 heavy (non-hydrogen) atoms. The molecule has 1 heterocycles. The number of amides is 1. The zero-order chi connectivity index (χ0) is 24.4. The molecular formula is C18H15Cl3N4O5S3. The van der Waals surface area contributed by atoms with Crippen molar-refractivity contribution in [3.63, 3.8) is 0 Å². The van der Waals surface area contributed by atoms with Crippen molar-refractivity contribution >= 4 is 88.6 Å². The number of carbonyl (C=O) groups is 1. The molecule has 0 aliphatic carbocycles. The highest BCUT2D eigenvalue weighted by molar-refractivity contribution is 7.93. The van der Waals surface area contributed by atoms with E-state index in [2.05, 4.69) is 15.0 Å². The molecule has 0 unspecified atom stereocenters. The van der Waals surface area contributed by atoms with Gasteiger partial charge in [-0.3, -0.25) is 13.8 Å². The second-order valence-corrected chi connectivity index (χ2v) is 12.2. The third-order valence-electron chi connectivity index (χ3n) is 4.05. The first-order chi connectivity index (χ1) is 15.4. The summed E-state index contributed by atoms with van der Waals surface area (Å²) < 4.78 is 52.5. The van der Waals surface area contributed by atoms with Crippen LogP contribution < -0.4 is 14.3 Å². The first kappa shape index (κ1) is 25.5. The smallest absolute Gasteiger partial charge is 0.263 e. The fourth-order valence-electron chi connectivity index (χ4n) is 2.58. The molecule has 2 aromatic carbocycles. The molecule has 3 rings (SSSR count). The Morgan fingerprint density at radius 3 is 2.24 bits per heavy atom. The third kappa shape index (κ3) is 6.49. The molecular weight excluding hydrogens is 555 g/mol. The highest BCUT2D eigenvalue weighted by Gasteiger charge is 2.24. The van der Waals surface area contributed by atoms with Gasteiger partial charge in [-0.25, -0.2) is 21.8 Å². The number of aromatic nitrogens is 1. The summed E-state index contributed by atoms with van der Waals surface area (Å²) in [5.74, 6) is -0.695. The first-order valence-electron chi connectivity index (χ1n) is 8.81. The van der Waals surface area contributed by atoms with Crippen LogP contribution in [0.25, 0.3) is 0 Å². The zero-order valence-corrected chi connectivity index (χ0v) is 21.3. The predicted octanol–water partition coefficient (Wildman–Crippen LogP) is 4.31. The molecule has 2 N–H and O–H groups in total. The Labute approximate surface area is 209 Å². The van der Waals surface area contributed by atoms with Gasteiger partial charge in [-0.2, -0.15) is 0 Å². The molecule has 0 bridgehead atoms. The summed E-state index contributed by atoms with van der Waals surface area (Å²) in [4.78, 5) is 16.4. The standard InChI is InChI=1S/C18H15Cl3N4O5S3/c1-32(27,28)25(16-9-14(20)13(19)8-15(16)21)10-17(26)23-11-2-4-12(5-3-11)33(29,30)24-18-22-6-7-31-18/h2-9H,10H2,1H3,(H,22,24)(H,23,26). The molecule has 0 radical (unpaired) electrons. The van der Waals surface area contributed by atoms with Gasteiger partial charge in [0.1, 0.15) is 6.54 Å². The van der Waals surface area contributed by atoms with Crippen LogP contribution in [-0.2, 0) is 24.8 Å². The lowest BCUT2D eigenvalue weighted by atomic mass is 10.3. The summed E-state index contributed by atoms with van der Waals surface area (Å²) >= 11 is 19.1. The average molecular weight is 570 g/mol. The predicted molar refractivity (Wildman–Crippen MR) is 132 cm³/mol. The van der Waals surface area contributed by atoms with Crippen molar-refractivity contribution in [2.24, 2.45) is 0 Å². The summed E-state index contributed by atoms with van der Waals surface area (Å²) in [5, 5.41) is 4.54. The Morgan fingerprint density at radius 1 is 1.03 bits per heavy atom. The molecule has 15 heteroatoms. The Hall–Kier alpha value is -2.09. The second-order valence-electron chi connectivity index (χ2n) is 6.50. The Balaban J connectivity index is 1.75. The van der Waals surface area contributed by atoms with E-state index in [4.69, 9.17) is 34.8 Å². The Kier molecular flexibility index (Phi) is 7.76. The van der Waals surface area contributed by atoms with Crippen molar-refractivity contribution in [2.45, 2.75) is 4.90 Å². The van der Waals surface area contributed by atoms with E-state index in [-0.39, 0.29) is 36.5 Å². The number of halogens is 3. The summed E-state index contributed by atoms with van der Waals surface area (Å²) in [7, 11) is -7.77. The van der Waals surface area contributed by atoms with Crippen LogP contribution in [0.4, 0.5) is 16.5 Å². The molecule has 1 amide bonds. The fourth-order valence-corrected chi connectivity index (χ4v) is 5.92. The first-order valence-corrected chi connectivity index (χ1v) is 14.2. The molecule has 176 valence electrons. The molecule has 0 aliphatic rings. The van der Waals surface area contributed by atoms with E-state index in [0.717, 1.165) is 21.9 Å². The van der Waals surface area contributed by atoms with E-state index in [1.807, 2.05) is 0 Å². The van der Waals surface area contributed by atoms with Crippen molar-refractivity contribution in [3.05, 3.63) is 63.0 Å². The van der Waals surface area contributed by atoms with Crippen molar-refractivity contribution < 1.29 is 21.6 Å². The van der Waals surface area contributed by atoms with Gasteiger partial charge < -0.3 is 5.32 Å². The molecule has 9 nitrogen and oxygen atoms in total. The van der Waals surface area contributed by atoms with E-state index in [9.17, 15) is 21.6 Å². The SMILES string of the molecule is CS(=O)(=O)N(CC(=O)Nc1ccc(S(=O)(=O)Nc2nccs2)cc1)c1cc(Cl)c(Cl)cc1Cl. The number of hydrogen-bond donors (Lipinski definition) is 2. The number of sulfonamides is 2. The number of anilines is 3. The van der Waals surface area contributed by atoms with Crippen LogP contribution in [0, 0.1) is 0 Å². The van der Waals surface area contributed by atoms with Crippen LogP contribution in [0.3, 0.4) is 0 Å². The molecule has 1 aromatic heterocycles. The van der Waals surface area contributed by atoms with Crippen LogP contribution in [0.5, 0.6) is 0 Å². The molecule has 3 aromatic rings. The van der Waals surface area contributed by atoms with Crippen LogP contribution in [0.2, 0.25) is 15.1 Å². The van der Waals surface area contributed by atoms with Gasteiger partial charge in [0.2, 0.25) is 15.9 Å². The van der Waals surface area contributed by atoms with Gasteiger partial charge in [-0.1, -0.05) is 34.8 Å². The largest absolute Gasteiger partial charge is 0.325 e. The van der Waals surface area contributed by atoms with Gasteiger partial charge in [0.15, 0.2) is 5.13 Å². The fraction of sp³-hybridized carbons (Fsp3) is 0.111. The third-order valence-corrected chi connectivity index (χ3v) is 8.37. The van der Waals surface area contributed by atoms with Gasteiger partial charge in [0.05, 0.1) is 31.9 Å². The monoisotopic (exact) mass is 568 g/mol. The number of nitrogens with zero attached hydrogens (tertiary/aromatic N) is 2. The molecule has 0 aliphatic heterocycles.